The van der Waals surface area contributed by atoms with Crippen LogP contribution in [-0.2, 0) is 9.59 Å². The van der Waals surface area contributed by atoms with E-state index in [1.54, 1.807) is 13.0 Å². The van der Waals surface area contributed by atoms with Crippen molar-refractivity contribution in [3.05, 3.63) is 42.1 Å². The van der Waals surface area contributed by atoms with Crippen LogP contribution in [0.3, 0.4) is 0 Å². The van der Waals surface area contributed by atoms with E-state index < -0.39 is 13.5 Å². The first-order chi connectivity index (χ1) is 8.70. The third-order valence-electron chi connectivity index (χ3n) is 3.81. The summed E-state index contributed by atoms with van der Waals surface area (Å²) in [6, 6.07) is 10.2. The summed E-state index contributed by atoms with van der Waals surface area (Å²) in [6.45, 7) is 9.06. The molecule has 0 aliphatic carbocycles. The monoisotopic (exact) mass is 274 g/mol. The van der Waals surface area contributed by atoms with Gasteiger partial charge in [0.2, 0.25) is 0 Å². The molecule has 0 aliphatic rings. The third kappa shape index (κ3) is 3.50. The standard InChI is InChI=1S/C16H22O2Si/c1-13(17)16(3,14(2)18)11-12-19(4,5)15-9-7-6-8-10-15/h6-12H,1-5H3/b12-11+. The average molecular weight is 274 g/mol. The molecule has 0 aliphatic heterocycles. The molecular weight excluding hydrogens is 252 g/mol. The summed E-state index contributed by atoms with van der Waals surface area (Å²) >= 11 is 0. The zero-order valence-corrected chi connectivity index (χ0v) is 13.4. The molecule has 19 heavy (non-hydrogen) atoms. The van der Waals surface area contributed by atoms with E-state index in [2.05, 4.69) is 30.9 Å². The van der Waals surface area contributed by atoms with Gasteiger partial charge in [-0.2, -0.15) is 0 Å². The quantitative estimate of drug-likeness (QED) is 0.611. The van der Waals surface area contributed by atoms with Crippen LogP contribution in [0.4, 0.5) is 0 Å². The van der Waals surface area contributed by atoms with E-state index in [0.29, 0.717) is 0 Å². The van der Waals surface area contributed by atoms with Gasteiger partial charge in [0.15, 0.2) is 0 Å². The van der Waals surface area contributed by atoms with Crippen molar-refractivity contribution in [1.82, 2.24) is 0 Å². The van der Waals surface area contributed by atoms with Crippen LogP contribution in [0.1, 0.15) is 20.8 Å². The minimum absolute atomic E-state index is 0.103. The van der Waals surface area contributed by atoms with E-state index in [-0.39, 0.29) is 11.6 Å². The van der Waals surface area contributed by atoms with E-state index in [1.807, 2.05) is 18.2 Å². The molecule has 1 rings (SSSR count). The highest BCUT2D eigenvalue weighted by atomic mass is 28.3. The summed E-state index contributed by atoms with van der Waals surface area (Å²) in [6.07, 6.45) is 1.80. The SMILES string of the molecule is CC(=O)C(C)(/C=C/[Si](C)(C)c1ccccc1)C(C)=O. The Morgan fingerprint density at radius 3 is 1.95 bits per heavy atom. The van der Waals surface area contributed by atoms with Crippen LogP contribution in [0.15, 0.2) is 42.1 Å². The lowest BCUT2D eigenvalue weighted by molar-refractivity contribution is -0.134. The molecule has 0 spiro atoms. The minimum atomic E-state index is -1.77. The molecule has 102 valence electrons. The Labute approximate surface area is 116 Å². The molecule has 0 saturated carbocycles. The molecule has 0 unspecified atom stereocenters. The highest BCUT2D eigenvalue weighted by Crippen LogP contribution is 2.22. The molecule has 0 amide bonds. The molecule has 3 heteroatoms. The highest BCUT2D eigenvalue weighted by molar-refractivity contribution is 6.94. The third-order valence-corrected chi connectivity index (χ3v) is 6.64. The van der Waals surface area contributed by atoms with E-state index in [0.717, 1.165) is 0 Å². The van der Waals surface area contributed by atoms with Crippen molar-refractivity contribution >= 4 is 24.8 Å². The largest absolute Gasteiger partial charge is 0.299 e. The summed E-state index contributed by atoms with van der Waals surface area (Å²) in [5.41, 5.74) is 1.10. The molecule has 0 fully saturated rings. The Morgan fingerprint density at radius 1 is 1.05 bits per heavy atom. The maximum atomic E-state index is 11.7. The number of hydrogen-bond acceptors (Lipinski definition) is 2. The summed E-state index contributed by atoms with van der Waals surface area (Å²) in [7, 11) is -1.77. The van der Waals surface area contributed by atoms with Gasteiger partial charge in [0.25, 0.3) is 0 Å². The van der Waals surface area contributed by atoms with Crippen LogP contribution in [0.2, 0.25) is 13.1 Å². The topological polar surface area (TPSA) is 34.1 Å². The van der Waals surface area contributed by atoms with Crippen molar-refractivity contribution in [3.63, 3.8) is 0 Å². The molecule has 1 aromatic rings. The zero-order valence-electron chi connectivity index (χ0n) is 12.4. The lowest BCUT2D eigenvalue weighted by atomic mass is 9.83. The molecule has 2 nitrogen and oxygen atoms in total. The first-order valence-electron chi connectivity index (χ1n) is 6.48. The Morgan fingerprint density at radius 2 is 1.53 bits per heavy atom. The molecule has 0 radical (unpaired) electrons. The van der Waals surface area contributed by atoms with Crippen LogP contribution in [0.25, 0.3) is 0 Å². The Hall–Kier alpha value is -1.48. The van der Waals surface area contributed by atoms with Crippen molar-refractivity contribution in [3.8, 4) is 0 Å². The molecular formula is C16H22O2Si. The second-order valence-electron chi connectivity index (χ2n) is 5.74. The van der Waals surface area contributed by atoms with Crippen LogP contribution < -0.4 is 5.19 Å². The predicted octanol–water partition coefficient (Wildman–Crippen LogP) is 2.88. The van der Waals surface area contributed by atoms with Crippen molar-refractivity contribution in [2.45, 2.75) is 33.9 Å². The number of carbonyl (C=O) groups excluding carboxylic acids is 2. The van der Waals surface area contributed by atoms with Crippen molar-refractivity contribution in [1.29, 1.82) is 0 Å². The first kappa shape index (κ1) is 15.6. The zero-order chi connectivity index (χ0) is 14.7. The van der Waals surface area contributed by atoms with E-state index in [9.17, 15) is 9.59 Å². The fraction of sp³-hybridized carbons (Fsp3) is 0.375. The molecule has 0 saturated heterocycles. The number of allylic oxidation sites excluding steroid dienone is 1. The van der Waals surface area contributed by atoms with Gasteiger partial charge < -0.3 is 0 Å². The fourth-order valence-electron chi connectivity index (χ4n) is 1.82. The Balaban J connectivity index is 3.09. The summed E-state index contributed by atoms with van der Waals surface area (Å²) in [4.78, 5) is 23.4. The van der Waals surface area contributed by atoms with Crippen molar-refractivity contribution in [2.24, 2.45) is 5.41 Å². The van der Waals surface area contributed by atoms with Crippen LogP contribution in [0, 0.1) is 5.41 Å². The molecule has 0 bridgehead atoms. The Kier molecular flexibility index (Phi) is 4.64. The summed E-state index contributed by atoms with van der Waals surface area (Å²) in [5.74, 6) is -0.205. The highest BCUT2D eigenvalue weighted by Gasteiger charge is 2.33. The van der Waals surface area contributed by atoms with Gasteiger partial charge in [0, 0.05) is 0 Å². The van der Waals surface area contributed by atoms with Crippen LogP contribution >= 0.6 is 0 Å². The number of ketones is 2. The summed E-state index contributed by atoms with van der Waals surface area (Å²) < 4.78 is 0. The normalized spacial score (nSPS) is 12.7. The average Bonchev–Trinajstić information content (AvgIpc) is 2.36. The number of benzene rings is 1. The van der Waals surface area contributed by atoms with Crippen molar-refractivity contribution in [2.75, 3.05) is 0 Å². The molecule has 0 heterocycles. The van der Waals surface area contributed by atoms with E-state index >= 15 is 0 Å². The smallest absolute Gasteiger partial charge is 0.146 e. The second kappa shape index (κ2) is 5.66. The Bertz CT molecular complexity index is 487. The maximum absolute atomic E-state index is 11.7. The van der Waals surface area contributed by atoms with Gasteiger partial charge in [0.05, 0.1) is 0 Å². The fourth-order valence-corrected chi connectivity index (χ4v) is 3.82. The van der Waals surface area contributed by atoms with Gasteiger partial charge in [-0.15, -0.1) is 0 Å². The first-order valence-corrected chi connectivity index (χ1v) is 9.56. The van der Waals surface area contributed by atoms with Gasteiger partial charge >= 0.3 is 0 Å². The van der Waals surface area contributed by atoms with Crippen molar-refractivity contribution < 1.29 is 9.59 Å². The predicted molar refractivity (Wildman–Crippen MR) is 82.2 cm³/mol. The molecule has 1 aromatic carbocycles. The van der Waals surface area contributed by atoms with Gasteiger partial charge in [-0.3, -0.25) is 9.59 Å². The number of hydrogen-bond donors (Lipinski definition) is 0. The lowest BCUT2D eigenvalue weighted by Gasteiger charge is -2.23. The summed E-state index contributed by atoms with van der Waals surface area (Å²) in [5, 5.41) is 1.29. The van der Waals surface area contributed by atoms with Gasteiger partial charge in [-0.05, 0) is 20.8 Å². The van der Waals surface area contributed by atoms with E-state index in [1.165, 1.54) is 19.0 Å². The number of Topliss-reactive ketones (excluding diaryl/α,β-unsaturated/α-hetero) is 2. The maximum Gasteiger partial charge on any atom is 0.146 e. The van der Waals surface area contributed by atoms with E-state index in [4.69, 9.17) is 0 Å². The number of rotatable bonds is 5. The van der Waals surface area contributed by atoms with Gasteiger partial charge in [-0.25, -0.2) is 0 Å². The van der Waals surface area contributed by atoms with Gasteiger partial charge in [0.1, 0.15) is 25.1 Å². The van der Waals surface area contributed by atoms with Crippen LogP contribution in [-0.4, -0.2) is 19.6 Å². The molecule has 0 N–H and O–H groups in total. The number of carbonyl (C=O) groups is 2. The molecule has 0 atom stereocenters. The second-order valence-corrected chi connectivity index (χ2v) is 10.1. The van der Waals surface area contributed by atoms with Gasteiger partial charge in [-0.1, -0.05) is 60.4 Å². The minimum Gasteiger partial charge on any atom is -0.299 e. The van der Waals surface area contributed by atoms with Crippen LogP contribution in [0.5, 0.6) is 0 Å². The molecule has 0 aromatic heterocycles. The lowest BCUT2D eigenvalue weighted by Crippen LogP contribution is -2.40.